The number of rotatable bonds is 28. The number of unbranched alkanes of at least 4 members (excludes halogenated alkanes) is 1. The molecule has 2 aliphatic rings. The van der Waals surface area contributed by atoms with Crippen LogP contribution in [-0.2, 0) is 25.8 Å². The van der Waals surface area contributed by atoms with E-state index in [1.165, 1.54) is 132 Å². The number of hydrogen-bond acceptors (Lipinski definition) is 6. The van der Waals surface area contributed by atoms with Crippen molar-refractivity contribution in [2.45, 2.75) is 197 Å². The number of nitrogens with one attached hydrogen (secondary N) is 1. The molecule has 7 rings (SSSR count). The van der Waals surface area contributed by atoms with Crippen molar-refractivity contribution in [1.29, 1.82) is 0 Å². The molecular weight excluding hydrogens is 975 g/mol. The summed E-state index contributed by atoms with van der Waals surface area (Å²) in [6.45, 7) is 46.9. The van der Waals surface area contributed by atoms with Gasteiger partial charge in [0.05, 0.1) is 23.5 Å². The van der Waals surface area contributed by atoms with Crippen molar-refractivity contribution in [2.24, 2.45) is 23.0 Å². The molecule has 3 aromatic carbocycles. The molecule has 1 aliphatic heterocycles. The number of likely N-dealkylation sites (N-methyl/N-ethyl adjacent to an activating group) is 2. The monoisotopic (exact) mass is 1090 g/mol. The number of aromatic nitrogens is 2. The van der Waals surface area contributed by atoms with Crippen LogP contribution in [-0.4, -0.2) is 83.2 Å². The number of fused-ring (bicyclic) bond motifs is 1. The summed E-state index contributed by atoms with van der Waals surface area (Å²) in [5.74, 6) is 1.73. The predicted octanol–water partition coefficient (Wildman–Crippen LogP) is 17.7. The van der Waals surface area contributed by atoms with E-state index in [4.69, 9.17) is 17.3 Å². The summed E-state index contributed by atoms with van der Waals surface area (Å²) in [6.07, 6.45) is 23.4. The molecule has 7 nitrogen and oxygen atoms in total. The van der Waals surface area contributed by atoms with Gasteiger partial charge in [0, 0.05) is 66.9 Å². The minimum absolute atomic E-state index is 0.0540. The van der Waals surface area contributed by atoms with Crippen molar-refractivity contribution in [3.63, 3.8) is 0 Å². The summed E-state index contributed by atoms with van der Waals surface area (Å²) in [6, 6.07) is 28.9. The van der Waals surface area contributed by atoms with Crippen molar-refractivity contribution in [3.8, 4) is 22.4 Å². The number of aryl methyl sites for hydroxylation is 3. The quantitative estimate of drug-likeness (QED) is 0.0384. The SMILES string of the molecule is C=CCCC(C)(C)Cc1c(-c2cc(CCCN3CCCCC3)cnc2C(C)CC)n(CC)c2ccc(-c3cc(C)cc(CC(NC(=C)C(C(C)C)N(C)C(=C)C)C(=C)N(C)CCCCN)c3)cc12.CC1CCCC1.c1ccccc1. The molecule has 1 saturated carbocycles. The Hall–Kier alpha value is -5.37. The van der Waals surface area contributed by atoms with E-state index in [9.17, 15) is 0 Å². The van der Waals surface area contributed by atoms with Crippen molar-refractivity contribution < 1.29 is 0 Å². The highest BCUT2D eigenvalue weighted by Gasteiger charge is 2.29. The van der Waals surface area contributed by atoms with Crippen LogP contribution in [0, 0.1) is 24.2 Å². The highest BCUT2D eigenvalue weighted by atomic mass is 15.2. The molecule has 5 aromatic rings. The Labute approximate surface area is 489 Å². The number of nitrogens with zero attached hydrogens (tertiary/aromatic N) is 5. The predicted molar refractivity (Wildman–Crippen MR) is 350 cm³/mol. The highest BCUT2D eigenvalue weighted by molar-refractivity contribution is 5.95. The number of likely N-dealkylation sites (tertiary alicyclic amines) is 1. The van der Waals surface area contributed by atoms with Crippen LogP contribution in [0.3, 0.4) is 0 Å². The molecule has 80 heavy (non-hydrogen) atoms. The van der Waals surface area contributed by atoms with Crippen LogP contribution in [0.2, 0.25) is 0 Å². The Morgan fingerprint density at radius 3 is 2.11 bits per heavy atom. The van der Waals surface area contributed by atoms with Crippen molar-refractivity contribution in [3.05, 3.63) is 162 Å². The third kappa shape index (κ3) is 19.4. The molecule has 1 aliphatic carbocycles. The van der Waals surface area contributed by atoms with Gasteiger partial charge < -0.3 is 30.3 Å². The molecular formula is C73H111N7. The first-order valence-corrected chi connectivity index (χ1v) is 31.3. The van der Waals surface area contributed by atoms with Crippen LogP contribution >= 0.6 is 0 Å². The second-order valence-corrected chi connectivity index (χ2v) is 25.2. The summed E-state index contributed by atoms with van der Waals surface area (Å²) >= 11 is 0. The zero-order valence-corrected chi connectivity index (χ0v) is 52.7. The Morgan fingerprint density at radius 1 is 0.863 bits per heavy atom. The first-order valence-electron chi connectivity index (χ1n) is 31.3. The van der Waals surface area contributed by atoms with E-state index in [0.29, 0.717) is 18.4 Å². The molecule has 0 amide bonds. The Kier molecular flexibility index (Phi) is 26.9. The van der Waals surface area contributed by atoms with E-state index in [1.54, 1.807) is 0 Å². The van der Waals surface area contributed by atoms with Crippen LogP contribution in [0.5, 0.6) is 0 Å². The van der Waals surface area contributed by atoms with Gasteiger partial charge in [0.1, 0.15) is 0 Å². The molecule has 3 unspecified atom stereocenters. The van der Waals surface area contributed by atoms with Gasteiger partial charge in [-0.15, -0.1) is 6.58 Å². The van der Waals surface area contributed by atoms with Gasteiger partial charge in [-0.1, -0.05) is 173 Å². The Bertz CT molecular complexity index is 2650. The van der Waals surface area contributed by atoms with E-state index >= 15 is 0 Å². The first kappa shape index (κ1) is 65.4. The summed E-state index contributed by atoms with van der Waals surface area (Å²) in [5, 5.41) is 5.27. The molecule has 0 bridgehead atoms. The number of nitrogens with two attached hydrogens (primary N) is 1. The van der Waals surface area contributed by atoms with E-state index in [1.807, 2.05) is 36.4 Å². The standard InChI is InChI=1S/C61H93N7.C6H12.C6H6/c1-16-19-29-61(12,13)41-55-53-40-51(27-28-57(53)68(18-3)60(55)54-38-49(42-63-58(54)46(9)17-2)26-25-34-67-32-22-20-23-33-67)52-36-45(8)35-50(37-52)39-56(48(11)65(14)31-24-21-30-62)64-47(10)59(43(4)5)66(15)44(6)7;1-6-4-2-3-5-6;1-2-4-6-5-3-1/h16,27-28,35-38,40,42-43,46,56,59,64H,1,6,10-11,17-26,29-34,39,41,62H2,2-5,7-9,12-15H3;6H,2-5H2,1H3;1-6H. The molecule has 1 saturated heterocycles. The number of piperidine rings is 1. The lowest BCUT2D eigenvalue weighted by atomic mass is 9.79. The molecule has 0 spiro atoms. The van der Waals surface area contributed by atoms with Gasteiger partial charge in [0.15, 0.2) is 0 Å². The van der Waals surface area contributed by atoms with Crippen LogP contribution in [0.25, 0.3) is 33.3 Å². The van der Waals surface area contributed by atoms with Gasteiger partial charge in [0.25, 0.3) is 0 Å². The van der Waals surface area contributed by atoms with E-state index in [0.717, 1.165) is 87.5 Å². The number of pyridine rings is 1. The number of benzene rings is 3. The molecule has 2 aromatic heterocycles. The second-order valence-electron chi connectivity index (χ2n) is 25.2. The molecule has 3 N–H and O–H groups in total. The molecule has 3 atom stereocenters. The van der Waals surface area contributed by atoms with Crippen LogP contribution < -0.4 is 11.1 Å². The molecule has 7 heteroatoms. The lowest BCUT2D eigenvalue weighted by Gasteiger charge is -2.38. The zero-order valence-electron chi connectivity index (χ0n) is 52.7. The fourth-order valence-electron chi connectivity index (χ4n) is 12.3. The maximum atomic E-state index is 5.91. The highest BCUT2D eigenvalue weighted by Crippen LogP contribution is 2.43. The van der Waals surface area contributed by atoms with Gasteiger partial charge in [-0.25, -0.2) is 0 Å². The van der Waals surface area contributed by atoms with Gasteiger partial charge in [-0.05, 0) is 187 Å². The van der Waals surface area contributed by atoms with Crippen LogP contribution in [0.15, 0.2) is 135 Å². The smallest absolute Gasteiger partial charge is 0.0698 e. The van der Waals surface area contributed by atoms with Crippen LogP contribution in [0.1, 0.15) is 180 Å². The first-order chi connectivity index (χ1) is 38.3. The topological polar surface area (TPSA) is 65.6 Å². The molecule has 438 valence electrons. The van der Waals surface area contributed by atoms with Gasteiger partial charge in [-0.3, -0.25) is 4.98 Å². The van der Waals surface area contributed by atoms with Crippen molar-refractivity contribution >= 4 is 10.9 Å². The van der Waals surface area contributed by atoms with Gasteiger partial charge in [-0.2, -0.15) is 0 Å². The van der Waals surface area contributed by atoms with E-state index in [-0.39, 0.29) is 17.5 Å². The normalized spacial score (nSPS) is 15.1. The zero-order chi connectivity index (χ0) is 58.4. The fraction of sp³-hybridized carbons (Fsp3) is 0.548. The summed E-state index contributed by atoms with van der Waals surface area (Å²) in [5.41, 5.74) is 22.1. The lowest BCUT2D eigenvalue weighted by molar-refractivity contribution is 0.226. The van der Waals surface area contributed by atoms with Gasteiger partial charge >= 0.3 is 0 Å². The minimum Gasteiger partial charge on any atom is -0.379 e. The van der Waals surface area contributed by atoms with Crippen molar-refractivity contribution in [1.82, 2.24) is 29.6 Å². The van der Waals surface area contributed by atoms with Crippen molar-refractivity contribution in [2.75, 3.05) is 46.8 Å². The van der Waals surface area contributed by atoms with Gasteiger partial charge in [0.2, 0.25) is 0 Å². The van der Waals surface area contributed by atoms with E-state index < -0.39 is 0 Å². The average Bonchev–Trinajstić information content (AvgIpc) is 4.29. The summed E-state index contributed by atoms with van der Waals surface area (Å²) in [7, 11) is 4.28. The molecule has 0 radical (unpaired) electrons. The Balaban J connectivity index is 0.000000863. The second kappa shape index (κ2) is 32.9. The minimum atomic E-state index is -0.0540. The average molecular weight is 1090 g/mol. The lowest BCUT2D eigenvalue weighted by Crippen LogP contribution is -2.46. The third-order valence-electron chi connectivity index (χ3n) is 17.3. The maximum Gasteiger partial charge on any atom is 0.0698 e. The number of hydrogen-bond donors (Lipinski definition) is 2. The summed E-state index contributed by atoms with van der Waals surface area (Å²) < 4.78 is 2.61. The third-order valence-corrected chi connectivity index (χ3v) is 17.3. The summed E-state index contributed by atoms with van der Waals surface area (Å²) in [4.78, 5) is 12.6. The largest absolute Gasteiger partial charge is 0.379 e. The maximum absolute atomic E-state index is 5.91. The Morgan fingerprint density at radius 2 is 1.54 bits per heavy atom. The van der Waals surface area contributed by atoms with Crippen LogP contribution in [0.4, 0.5) is 0 Å². The number of allylic oxidation sites excluding steroid dienone is 2. The molecule has 3 heterocycles. The van der Waals surface area contributed by atoms with E-state index in [2.05, 4.69) is 182 Å². The fourth-order valence-corrected chi connectivity index (χ4v) is 12.3. The molecule has 2 fully saturated rings.